The van der Waals surface area contributed by atoms with Crippen LogP contribution < -0.4 is 0 Å². The summed E-state index contributed by atoms with van der Waals surface area (Å²) in [6.45, 7) is 7.82. The van der Waals surface area contributed by atoms with Gasteiger partial charge in [-0.25, -0.2) is 0 Å². The fourth-order valence-corrected chi connectivity index (χ4v) is 5.29. The van der Waals surface area contributed by atoms with Gasteiger partial charge in [-0.2, -0.15) is 0 Å². The van der Waals surface area contributed by atoms with Crippen molar-refractivity contribution in [1.29, 1.82) is 0 Å². The molecule has 0 aromatic heterocycles. The van der Waals surface area contributed by atoms with Gasteiger partial charge in [-0.15, -0.1) is 13.0 Å². The maximum absolute atomic E-state index is 6.99. The van der Waals surface area contributed by atoms with Crippen LogP contribution in [0.15, 0.2) is 104 Å². The molecule has 2 heterocycles. The van der Waals surface area contributed by atoms with Gasteiger partial charge in [0.25, 0.3) is 0 Å². The highest BCUT2D eigenvalue weighted by molar-refractivity contribution is 5.47. The second-order valence-corrected chi connectivity index (χ2v) is 9.68. The molecular weight excluding hydrogens is 464 g/mol. The van der Waals surface area contributed by atoms with E-state index in [1.165, 1.54) is 0 Å². The van der Waals surface area contributed by atoms with Crippen molar-refractivity contribution in [3.8, 4) is 12.3 Å². The maximum atomic E-state index is 6.99. The number of hydrogen-bond acceptors (Lipinski definition) is 5. The van der Waals surface area contributed by atoms with E-state index in [1.54, 1.807) is 6.08 Å². The molecule has 5 nitrogen and oxygen atoms in total. The molecule has 2 aliphatic rings. The summed E-state index contributed by atoms with van der Waals surface area (Å²) in [5.74, 6) is 2.00. The van der Waals surface area contributed by atoms with Crippen LogP contribution in [0.25, 0.3) is 0 Å². The number of hydrogen-bond donors (Lipinski definition) is 0. The van der Waals surface area contributed by atoms with Crippen molar-refractivity contribution in [2.75, 3.05) is 13.2 Å². The average Bonchev–Trinajstić information content (AvgIpc) is 3.39. The van der Waals surface area contributed by atoms with Gasteiger partial charge in [0.05, 0.1) is 13.2 Å². The summed E-state index contributed by atoms with van der Waals surface area (Å²) in [6.07, 6.45) is 5.86. The summed E-state index contributed by atoms with van der Waals surface area (Å²) < 4.78 is 31.8. The van der Waals surface area contributed by atoms with Crippen molar-refractivity contribution < 1.29 is 23.7 Å². The molecule has 0 N–H and O–H groups in total. The molecule has 2 saturated heterocycles. The molecule has 190 valence electrons. The molecule has 2 aliphatic heterocycles. The summed E-state index contributed by atoms with van der Waals surface area (Å²) in [5, 5.41) is 0. The molecule has 5 rings (SSSR count). The van der Waals surface area contributed by atoms with Crippen molar-refractivity contribution in [2.24, 2.45) is 0 Å². The van der Waals surface area contributed by atoms with E-state index in [4.69, 9.17) is 30.1 Å². The van der Waals surface area contributed by atoms with Crippen LogP contribution in [0.3, 0.4) is 0 Å². The Morgan fingerprint density at radius 2 is 1.41 bits per heavy atom. The Hall–Kier alpha value is -3.24. The van der Waals surface area contributed by atoms with Crippen LogP contribution in [-0.2, 0) is 29.3 Å². The van der Waals surface area contributed by atoms with Crippen molar-refractivity contribution >= 4 is 0 Å². The molecule has 0 radical (unpaired) electrons. The quantitative estimate of drug-likeness (QED) is 0.224. The second-order valence-electron chi connectivity index (χ2n) is 9.68. The minimum Gasteiger partial charge on any atom is -0.358 e. The fourth-order valence-electron chi connectivity index (χ4n) is 5.29. The highest BCUT2D eigenvalue weighted by Gasteiger charge is 2.64. The summed E-state index contributed by atoms with van der Waals surface area (Å²) in [4.78, 5) is 0. The van der Waals surface area contributed by atoms with E-state index >= 15 is 0 Å². The molecule has 0 bridgehead atoms. The topological polar surface area (TPSA) is 46.2 Å². The van der Waals surface area contributed by atoms with Crippen molar-refractivity contribution in [1.82, 2.24) is 0 Å². The number of terminal acetylenes is 1. The highest BCUT2D eigenvalue weighted by Crippen LogP contribution is 2.47. The zero-order valence-electron chi connectivity index (χ0n) is 21.2. The predicted octanol–water partition coefficient (Wildman–Crippen LogP) is 5.45. The summed E-state index contributed by atoms with van der Waals surface area (Å²) in [7, 11) is 0. The van der Waals surface area contributed by atoms with Gasteiger partial charge in [0.1, 0.15) is 11.7 Å². The average molecular weight is 497 g/mol. The van der Waals surface area contributed by atoms with Crippen LogP contribution in [0, 0.1) is 12.3 Å². The largest absolute Gasteiger partial charge is 0.358 e. The lowest BCUT2D eigenvalue weighted by Gasteiger charge is -2.39. The second kappa shape index (κ2) is 10.3. The van der Waals surface area contributed by atoms with Gasteiger partial charge in [0.15, 0.2) is 23.8 Å². The smallest absolute Gasteiger partial charge is 0.191 e. The van der Waals surface area contributed by atoms with Gasteiger partial charge in [-0.05, 0) is 30.5 Å². The molecule has 3 aromatic rings. The molecule has 0 amide bonds. The highest BCUT2D eigenvalue weighted by atomic mass is 16.8. The van der Waals surface area contributed by atoms with E-state index < -0.39 is 35.5 Å². The Kier molecular flexibility index (Phi) is 7.04. The van der Waals surface area contributed by atoms with Crippen LogP contribution in [0.1, 0.15) is 30.5 Å². The van der Waals surface area contributed by atoms with Crippen LogP contribution in [0.5, 0.6) is 0 Å². The lowest BCUT2D eigenvalue weighted by molar-refractivity contribution is -0.235. The number of fused-ring (bicyclic) bond motifs is 1. The number of ether oxygens (including phenoxy) is 5. The molecule has 37 heavy (non-hydrogen) atoms. The van der Waals surface area contributed by atoms with Crippen molar-refractivity contribution in [2.45, 2.75) is 49.3 Å². The van der Waals surface area contributed by atoms with Crippen LogP contribution in [0.2, 0.25) is 0 Å². The third-order valence-electron chi connectivity index (χ3n) is 6.92. The third-order valence-corrected chi connectivity index (χ3v) is 6.92. The van der Waals surface area contributed by atoms with Gasteiger partial charge >= 0.3 is 0 Å². The standard InChI is InChI=1S/C32H32O5/c1-5-22-33-31(6-2)27(35-29-28(31)36-30(3,4)37-29)23-34-32(24-16-10-7-11-17-24,25-18-12-8-13-19-25)26-20-14-9-15-21-26/h2,5,7-21,27-29H,1,22-23H2,3-4H3/t27-,28+,29-,31-/m1/s1. The molecule has 0 unspecified atom stereocenters. The molecular formula is C32H32O5. The molecule has 0 aliphatic carbocycles. The minimum atomic E-state index is -1.22. The summed E-state index contributed by atoms with van der Waals surface area (Å²) >= 11 is 0. The normalized spacial score (nSPS) is 26.4. The SMILES string of the molecule is C#C[C@@]1(OCC=C)[C@@H](COC(c2ccccc2)(c2ccccc2)c2ccccc2)O[C@@H]2OC(C)(C)O[C@@H]21. The first-order valence-corrected chi connectivity index (χ1v) is 12.5. The van der Waals surface area contributed by atoms with Gasteiger partial charge in [-0.3, -0.25) is 0 Å². The Labute approximate surface area is 219 Å². The molecule has 2 fully saturated rings. The van der Waals surface area contributed by atoms with Gasteiger partial charge in [0.2, 0.25) is 0 Å². The van der Waals surface area contributed by atoms with Gasteiger partial charge < -0.3 is 23.7 Å². The molecule has 0 saturated carbocycles. The van der Waals surface area contributed by atoms with Crippen LogP contribution in [-0.4, -0.2) is 43.1 Å². The Balaban J connectivity index is 1.58. The fraction of sp³-hybridized carbons (Fsp3) is 0.312. The lowest BCUT2D eigenvalue weighted by atomic mass is 9.80. The molecule has 0 spiro atoms. The van der Waals surface area contributed by atoms with E-state index in [1.807, 2.05) is 68.4 Å². The van der Waals surface area contributed by atoms with Crippen molar-refractivity contribution in [3.05, 3.63) is 120 Å². The van der Waals surface area contributed by atoms with E-state index in [9.17, 15) is 0 Å². The van der Waals surface area contributed by atoms with E-state index in [-0.39, 0.29) is 13.2 Å². The maximum Gasteiger partial charge on any atom is 0.191 e. The third kappa shape index (κ3) is 4.53. The van der Waals surface area contributed by atoms with Gasteiger partial charge in [0, 0.05) is 0 Å². The minimum absolute atomic E-state index is 0.125. The zero-order valence-corrected chi connectivity index (χ0v) is 21.2. The van der Waals surface area contributed by atoms with Gasteiger partial charge in [-0.1, -0.05) is 103 Å². The van der Waals surface area contributed by atoms with E-state index in [2.05, 4.69) is 48.9 Å². The van der Waals surface area contributed by atoms with E-state index in [0.717, 1.165) is 16.7 Å². The van der Waals surface area contributed by atoms with Crippen LogP contribution in [0.4, 0.5) is 0 Å². The molecule has 3 aromatic carbocycles. The summed E-state index contributed by atoms with van der Waals surface area (Å²) in [5.41, 5.74) is 0.806. The predicted molar refractivity (Wildman–Crippen MR) is 142 cm³/mol. The first-order valence-electron chi connectivity index (χ1n) is 12.5. The first kappa shape index (κ1) is 25.4. The lowest BCUT2D eigenvalue weighted by Crippen LogP contribution is -2.52. The Bertz CT molecular complexity index is 1140. The molecule has 5 heteroatoms. The first-order chi connectivity index (χ1) is 17.9. The van der Waals surface area contributed by atoms with Crippen LogP contribution >= 0.6 is 0 Å². The van der Waals surface area contributed by atoms with Crippen molar-refractivity contribution in [3.63, 3.8) is 0 Å². The number of benzene rings is 3. The Morgan fingerprint density at radius 3 is 1.86 bits per heavy atom. The zero-order chi connectivity index (χ0) is 25.9. The van der Waals surface area contributed by atoms with E-state index in [0.29, 0.717) is 0 Å². The summed E-state index contributed by atoms with van der Waals surface area (Å²) in [6, 6.07) is 30.5. The monoisotopic (exact) mass is 496 g/mol. The Morgan fingerprint density at radius 1 is 0.892 bits per heavy atom. The molecule has 4 atom stereocenters. The number of rotatable bonds is 9.